The lowest BCUT2D eigenvalue weighted by Gasteiger charge is -2.39. The molecular weight excluding hydrogens is 166 g/mol. The van der Waals surface area contributed by atoms with Crippen LogP contribution in [0.3, 0.4) is 0 Å². The van der Waals surface area contributed by atoms with E-state index in [-0.39, 0.29) is 0 Å². The van der Waals surface area contributed by atoms with Gasteiger partial charge in [-0.15, -0.1) is 0 Å². The van der Waals surface area contributed by atoms with Gasteiger partial charge in [0.2, 0.25) is 0 Å². The van der Waals surface area contributed by atoms with Crippen molar-refractivity contribution in [3.63, 3.8) is 0 Å². The second-order valence-electron chi connectivity index (χ2n) is 4.49. The van der Waals surface area contributed by atoms with Gasteiger partial charge < -0.3 is 10.4 Å². The maximum absolute atomic E-state index is 11.1. The summed E-state index contributed by atoms with van der Waals surface area (Å²) in [6, 6.07) is 0. The molecule has 0 heterocycles. The van der Waals surface area contributed by atoms with Crippen molar-refractivity contribution in [3.05, 3.63) is 0 Å². The number of rotatable bonds is 2. The van der Waals surface area contributed by atoms with E-state index in [9.17, 15) is 4.79 Å². The molecule has 1 saturated carbocycles. The molecule has 76 valence electrons. The van der Waals surface area contributed by atoms with Crippen molar-refractivity contribution in [2.75, 3.05) is 7.05 Å². The Labute approximate surface area is 79.5 Å². The largest absolute Gasteiger partial charge is 0.480 e. The van der Waals surface area contributed by atoms with Crippen LogP contribution in [0.1, 0.15) is 33.1 Å². The highest BCUT2D eigenvalue weighted by molar-refractivity contribution is 5.79. The van der Waals surface area contributed by atoms with Gasteiger partial charge in [-0.3, -0.25) is 4.79 Å². The summed E-state index contributed by atoms with van der Waals surface area (Å²) in [6.07, 6.45) is 2.66. The molecule has 2 unspecified atom stereocenters. The Kier molecular flexibility index (Phi) is 2.96. The second kappa shape index (κ2) is 3.66. The van der Waals surface area contributed by atoms with Gasteiger partial charge >= 0.3 is 5.97 Å². The molecule has 0 spiro atoms. The fourth-order valence-corrected chi connectivity index (χ4v) is 2.61. The van der Waals surface area contributed by atoms with E-state index in [4.69, 9.17) is 5.11 Å². The van der Waals surface area contributed by atoms with Crippen LogP contribution in [0.5, 0.6) is 0 Å². The fraction of sp³-hybridized carbons (Fsp3) is 0.900. The minimum atomic E-state index is -0.701. The van der Waals surface area contributed by atoms with E-state index >= 15 is 0 Å². The Morgan fingerprint density at radius 2 is 1.85 bits per heavy atom. The van der Waals surface area contributed by atoms with Crippen LogP contribution in [0.4, 0.5) is 0 Å². The predicted octanol–water partition coefficient (Wildman–Crippen LogP) is 1.49. The summed E-state index contributed by atoms with van der Waals surface area (Å²) in [5.41, 5.74) is -0.670. The Morgan fingerprint density at radius 3 is 2.15 bits per heavy atom. The molecule has 2 atom stereocenters. The molecule has 3 heteroatoms. The van der Waals surface area contributed by atoms with E-state index < -0.39 is 11.5 Å². The lowest BCUT2D eigenvalue weighted by Crippen LogP contribution is -2.54. The Hall–Kier alpha value is -0.570. The van der Waals surface area contributed by atoms with E-state index in [1.165, 1.54) is 0 Å². The zero-order valence-electron chi connectivity index (χ0n) is 8.63. The van der Waals surface area contributed by atoms with E-state index in [1.54, 1.807) is 7.05 Å². The van der Waals surface area contributed by atoms with Gasteiger partial charge in [0.05, 0.1) is 0 Å². The molecule has 1 fully saturated rings. The average Bonchev–Trinajstić information content (AvgIpc) is 2.02. The summed E-state index contributed by atoms with van der Waals surface area (Å²) in [5, 5.41) is 12.1. The molecule has 0 amide bonds. The highest BCUT2D eigenvalue weighted by atomic mass is 16.4. The Bertz CT molecular complexity index is 193. The molecule has 0 aliphatic heterocycles. The van der Waals surface area contributed by atoms with E-state index in [0.29, 0.717) is 11.8 Å². The van der Waals surface area contributed by atoms with Gasteiger partial charge in [0.25, 0.3) is 0 Å². The van der Waals surface area contributed by atoms with Crippen LogP contribution in [0.15, 0.2) is 0 Å². The zero-order chi connectivity index (χ0) is 10.1. The number of carboxylic acids is 1. The van der Waals surface area contributed by atoms with Crippen LogP contribution in [-0.2, 0) is 4.79 Å². The van der Waals surface area contributed by atoms with Crippen LogP contribution < -0.4 is 5.32 Å². The molecule has 0 radical (unpaired) electrons. The number of carbonyl (C=O) groups is 1. The lowest BCUT2D eigenvalue weighted by molar-refractivity contribution is -0.147. The maximum Gasteiger partial charge on any atom is 0.323 e. The van der Waals surface area contributed by atoms with Crippen LogP contribution >= 0.6 is 0 Å². The van der Waals surface area contributed by atoms with Crippen molar-refractivity contribution in [1.82, 2.24) is 5.32 Å². The summed E-state index contributed by atoms with van der Waals surface area (Å²) in [7, 11) is 1.75. The number of nitrogens with one attached hydrogen (secondary N) is 1. The van der Waals surface area contributed by atoms with Gasteiger partial charge in [-0.1, -0.05) is 13.8 Å². The molecule has 1 rings (SSSR count). The van der Waals surface area contributed by atoms with Gasteiger partial charge in [0.1, 0.15) is 5.54 Å². The normalized spacial score (nSPS) is 40.2. The molecule has 0 aromatic rings. The van der Waals surface area contributed by atoms with E-state index in [2.05, 4.69) is 19.2 Å². The summed E-state index contributed by atoms with van der Waals surface area (Å²) < 4.78 is 0. The third-order valence-electron chi connectivity index (χ3n) is 3.09. The smallest absolute Gasteiger partial charge is 0.323 e. The van der Waals surface area contributed by atoms with Crippen LogP contribution in [0.2, 0.25) is 0 Å². The molecule has 1 aliphatic rings. The van der Waals surface area contributed by atoms with Gasteiger partial charge in [0.15, 0.2) is 0 Å². The van der Waals surface area contributed by atoms with Gasteiger partial charge in [-0.2, -0.15) is 0 Å². The third kappa shape index (κ3) is 2.02. The summed E-state index contributed by atoms with van der Waals surface area (Å²) in [5.74, 6) is 0.313. The molecule has 13 heavy (non-hydrogen) atoms. The fourth-order valence-electron chi connectivity index (χ4n) is 2.61. The van der Waals surface area contributed by atoms with Crippen LogP contribution in [-0.4, -0.2) is 23.7 Å². The first kappa shape index (κ1) is 10.5. The summed E-state index contributed by atoms with van der Waals surface area (Å²) in [6.45, 7) is 4.26. The molecule has 0 bridgehead atoms. The van der Waals surface area contributed by atoms with Crippen LogP contribution in [0, 0.1) is 11.8 Å². The summed E-state index contributed by atoms with van der Waals surface area (Å²) >= 11 is 0. The van der Waals surface area contributed by atoms with E-state index in [0.717, 1.165) is 19.3 Å². The Balaban J connectivity index is 2.80. The number of hydrogen-bond donors (Lipinski definition) is 2. The molecule has 0 aromatic heterocycles. The highest BCUT2D eigenvalue weighted by Crippen LogP contribution is 2.35. The number of carboxylic acid groups (broad SMARTS) is 1. The van der Waals surface area contributed by atoms with Crippen LogP contribution in [0.25, 0.3) is 0 Å². The van der Waals surface area contributed by atoms with Gasteiger partial charge in [0, 0.05) is 0 Å². The molecule has 1 aliphatic carbocycles. The second-order valence-corrected chi connectivity index (χ2v) is 4.49. The lowest BCUT2D eigenvalue weighted by atomic mass is 9.72. The monoisotopic (exact) mass is 185 g/mol. The number of hydrogen-bond acceptors (Lipinski definition) is 2. The topological polar surface area (TPSA) is 49.3 Å². The first-order valence-electron chi connectivity index (χ1n) is 4.92. The van der Waals surface area contributed by atoms with E-state index in [1.807, 2.05) is 0 Å². The van der Waals surface area contributed by atoms with Gasteiger partial charge in [-0.05, 0) is 38.1 Å². The Morgan fingerprint density at radius 1 is 1.38 bits per heavy atom. The molecule has 0 saturated heterocycles. The quantitative estimate of drug-likeness (QED) is 0.685. The minimum absolute atomic E-state index is 0.507. The maximum atomic E-state index is 11.1. The zero-order valence-corrected chi connectivity index (χ0v) is 8.63. The molecule has 2 N–H and O–H groups in total. The van der Waals surface area contributed by atoms with Gasteiger partial charge in [-0.25, -0.2) is 0 Å². The first-order valence-corrected chi connectivity index (χ1v) is 4.92. The SMILES string of the molecule is CNC1(C(=O)O)CC(C)CC(C)C1. The number of likely N-dealkylation sites (N-methyl/N-ethyl adjacent to an activating group) is 1. The highest BCUT2D eigenvalue weighted by Gasteiger charge is 2.42. The first-order chi connectivity index (χ1) is 6.00. The van der Waals surface area contributed by atoms with Crippen molar-refractivity contribution in [2.24, 2.45) is 11.8 Å². The van der Waals surface area contributed by atoms with Crippen molar-refractivity contribution in [2.45, 2.75) is 38.6 Å². The summed E-state index contributed by atoms with van der Waals surface area (Å²) in [4.78, 5) is 11.1. The predicted molar refractivity (Wildman–Crippen MR) is 51.6 cm³/mol. The van der Waals surface area contributed by atoms with Crippen molar-refractivity contribution in [1.29, 1.82) is 0 Å². The average molecular weight is 185 g/mol. The molecule has 0 aromatic carbocycles. The number of aliphatic carboxylic acids is 1. The third-order valence-corrected chi connectivity index (χ3v) is 3.09. The minimum Gasteiger partial charge on any atom is -0.480 e. The standard InChI is InChI=1S/C10H19NO2/c1-7-4-8(2)6-10(5-7,11-3)9(12)13/h7-8,11H,4-6H2,1-3H3,(H,12,13). The van der Waals surface area contributed by atoms with Crippen molar-refractivity contribution in [3.8, 4) is 0 Å². The molecular formula is C10H19NO2. The molecule has 3 nitrogen and oxygen atoms in total. The van der Waals surface area contributed by atoms with Crippen molar-refractivity contribution >= 4 is 5.97 Å². The van der Waals surface area contributed by atoms with Crippen molar-refractivity contribution < 1.29 is 9.90 Å².